The normalized spacial score (nSPS) is 13.6. The van der Waals surface area contributed by atoms with Crippen LogP contribution >= 0.6 is 0 Å². The van der Waals surface area contributed by atoms with E-state index >= 15 is 0 Å². The number of ketones is 1. The lowest BCUT2D eigenvalue weighted by Gasteiger charge is -2.22. The summed E-state index contributed by atoms with van der Waals surface area (Å²) in [6.45, 7) is 9.13. The van der Waals surface area contributed by atoms with E-state index < -0.39 is 29.7 Å². The summed E-state index contributed by atoms with van der Waals surface area (Å²) in [7, 11) is 0. The van der Waals surface area contributed by atoms with Crippen molar-refractivity contribution in [2.45, 2.75) is 65.3 Å². The number of nitrogens with one attached hydrogen (secondary N) is 1. The molecule has 0 fully saturated rings. The van der Waals surface area contributed by atoms with Gasteiger partial charge in [-0.25, -0.2) is 0 Å². The van der Waals surface area contributed by atoms with Crippen molar-refractivity contribution in [3.8, 4) is 0 Å². The average Bonchev–Trinajstić information content (AvgIpc) is 2.59. The third kappa shape index (κ3) is 7.88. The number of rotatable bonds is 9. The third-order valence-electron chi connectivity index (χ3n) is 3.62. The fraction of sp³-hybridized carbons (Fsp3) is 0.550. The standard InChI is InChI=1S/C20H30N2O5/c1-6-16(23)18(26-7-2)22-17(24)14-10-8-13(9-11-14)12-15(21)19(25)27-20(3,4)5/h8-11,15,18H,6-7,12,21H2,1-5H3,(H,22,24)/t15-,18-/m0/s1. The molecule has 0 aliphatic carbocycles. The van der Waals surface area contributed by atoms with Crippen LogP contribution in [0.4, 0.5) is 0 Å². The summed E-state index contributed by atoms with van der Waals surface area (Å²) in [5.41, 5.74) is 6.49. The first kappa shape index (κ1) is 22.8. The molecule has 1 aromatic carbocycles. The highest BCUT2D eigenvalue weighted by Crippen LogP contribution is 2.11. The number of ether oxygens (including phenoxy) is 2. The molecule has 0 aliphatic heterocycles. The van der Waals surface area contributed by atoms with Crippen molar-refractivity contribution < 1.29 is 23.9 Å². The van der Waals surface area contributed by atoms with Crippen LogP contribution in [0.3, 0.4) is 0 Å². The van der Waals surface area contributed by atoms with Crippen molar-refractivity contribution >= 4 is 17.7 Å². The largest absolute Gasteiger partial charge is 0.459 e. The molecule has 0 aliphatic rings. The summed E-state index contributed by atoms with van der Waals surface area (Å²) in [5.74, 6) is -1.06. The maximum Gasteiger partial charge on any atom is 0.323 e. The van der Waals surface area contributed by atoms with Crippen LogP contribution in [0.5, 0.6) is 0 Å². The summed E-state index contributed by atoms with van der Waals surface area (Å²) in [5, 5.41) is 2.58. The third-order valence-corrected chi connectivity index (χ3v) is 3.62. The van der Waals surface area contributed by atoms with Crippen LogP contribution in [-0.4, -0.2) is 42.1 Å². The Bertz CT molecular complexity index is 649. The van der Waals surface area contributed by atoms with Gasteiger partial charge in [0.05, 0.1) is 0 Å². The Morgan fingerprint density at radius 2 is 1.70 bits per heavy atom. The molecule has 0 aromatic heterocycles. The number of hydrogen-bond acceptors (Lipinski definition) is 6. The van der Waals surface area contributed by atoms with E-state index in [0.717, 1.165) is 5.56 Å². The predicted octanol–water partition coefficient (Wildman–Crippen LogP) is 1.97. The van der Waals surface area contributed by atoms with Crippen molar-refractivity contribution in [1.82, 2.24) is 5.32 Å². The van der Waals surface area contributed by atoms with Crippen LogP contribution in [0.2, 0.25) is 0 Å². The van der Waals surface area contributed by atoms with Gasteiger partial charge in [-0.3, -0.25) is 14.4 Å². The van der Waals surface area contributed by atoms with E-state index in [1.807, 2.05) is 0 Å². The monoisotopic (exact) mass is 378 g/mol. The van der Waals surface area contributed by atoms with Crippen LogP contribution in [0, 0.1) is 0 Å². The zero-order valence-electron chi connectivity index (χ0n) is 16.7. The van der Waals surface area contributed by atoms with Gasteiger partial charge in [0, 0.05) is 18.6 Å². The van der Waals surface area contributed by atoms with Gasteiger partial charge in [-0.2, -0.15) is 0 Å². The van der Waals surface area contributed by atoms with Crippen molar-refractivity contribution in [3.05, 3.63) is 35.4 Å². The summed E-state index contributed by atoms with van der Waals surface area (Å²) in [4.78, 5) is 36.1. The minimum absolute atomic E-state index is 0.190. The van der Waals surface area contributed by atoms with E-state index in [0.29, 0.717) is 18.6 Å². The van der Waals surface area contributed by atoms with Crippen molar-refractivity contribution in [2.75, 3.05) is 6.61 Å². The van der Waals surface area contributed by atoms with E-state index in [1.165, 1.54) is 0 Å². The molecule has 3 N–H and O–H groups in total. The second-order valence-corrected chi connectivity index (χ2v) is 7.17. The Kier molecular flexibility index (Phi) is 8.59. The smallest absolute Gasteiger partial charge is 0.323 e. The number of carbonyl (C=O) groups is 3. The van der Waals surface area contributed by atoms with E-state index in [1.54, 1.807) is 58.9 Å². The maximum atomic E-state index is 12.3. The van der Waals surface area contributed by atoms with Crippen LogP contribution in [0.25, 0.3) is 0 Å². The van der Waals surface area contributed by atoms with Crippen molar-refractivity contribution in [1.29, 1.82) is 0 Å². The molecule has 1 amide bonds. The maximum absolute atomic E-state index is 12.3. The minimum atomic E-state index is -0.951. The average molecular weight is 378 g/mol. The zero-order valence-corrected chi connectivity index (χ0v) is 16.7. The Balaban J connectivity index is 2.71. The predicted molar refractivity (Wildman–Crippen MR) is 102 cm³/mol. The number of esters is 1. The van der Waals surface area contributed by atoms with Crippen LogP contribution in [0.15, 0.2) is 24.3 Å². The van der Waals surface area contributed by atoms with Gasteiger partial charge in [0.2, 0.25) is 0 Å². The molecule has 150 valence electrons. The Labute approximate surface area is 160 Å². The Morgan fingerprint density at radius 1 is 1.11 bits per heavy atom. The molecule has 1 rings (SSSR count). The molecule has 0 bridgehead atoms. The fourth-order valence-electron chi connectivity index (χ4n) is 2.28. The lowest BCUT2D eigenvalue weighted by atomic mass is 10.0. The first-order chi connectivity index (χ1) is 12.6. The van der Waals surface area contributed by atoms with Gasteiger partial charge in [0.1, 0.15) is 11.6 Å². The van der Waals surface area contributed by atoms with Crippen molar-refractivity contribution in [2.24, 2.45) is 5.73 Å². The molecule has 0 saturated carbocycles. The van der Waals surface area contributed by atoms with Gasteiger partial charge in [-0.05, 0) is 51.8 Å². The van der Waals surface area contributed by atoms with E-state index in [-0.39, 0.29) is 12.2 Å². The van der Waals surface area contributed by atoms with Gasteiger partial charge in [0.25, 0.3) is 5.91 Å². The van der Waals surface area contributed by atoms with Crippen LogP contribution in [0.1, 0.15) is 57.0 Å². The first-order valence-electron chi connectivity index (χ1n) is 9.10. The molecule has 7 heteroatoms. The molecule has 0 radical (unpaired) electrons. The summed E-state index contributed by atoms with van der Waals surface area (Å²) < 4.78 is 10.5. The molecule has 0 spiro atoms. The lowest BCUT2D eigenvalue weighted by Crippen LogP contribution is -2.42. The molecule has 27 heavy (non-hydrogen) atoms. The van der Waals surface area contributed by atoms with E-state index in [4.69, 9.17) is 15.2 Å². The number of nitrogens with two attached hydrogens (primary N) is 1. The Hall–Kier alpha value is -2.25. The highest BCUT2D eigenvalue weighted by Gasteiger charge is 2.23. The van der Waals surface area contributed by atoms with Gasteiger partial charge in [0.15, 0.2) is 12.0 Å². The highest BCUT2D eigenvalue weighted by molar-refractivity contribution is 5.97. The fourth-order valence-corrected chi connectivity index (χ4v) is 2.28. The highest BCUT2D eigenvalue weighted by atomic mass is 16.6. The summed E-state index contributed by atoms with van der Waals surface area (Å²) in [6.07, 6.45) is -0.383. The molecule has 0 saturated heterocycles. The van der Waals surface area contributed by atoms with Gasteiger partial charge in [-0.1, -0.05) is 19.1 Å². The minimum Gasteiger partial charge on any atom is -0.459 e. The first-order valence-corrected chi connectivity index (χ1v) is 9.10. The number of benzene rings is 1. The quantitative estimate of drug-likeness (QED) is 0.502. The second-order valence-electron chi connectivity index (χ2n) is 7.17. The summed E-state index contributed by atoms with van der Waals surface area (Å²) in [6, 6.07) is 5.89. The molecular weight excluding hydrogens is 348 g/mol. The van der Waals surface area contributed by atoms with E-state index in [9.17, 15) is 14.4 Å². The Morgan fingerprint density at radius 3 is 2.19 bits per heavy atom. The molecular formula is C20H30N2O5. The number of amides is 1. The van der Waals surface area contributed by atoms with Crippen LogP contribution in [-0.2, 0) is 25.5 Å². The molecule has 2 atom stereocenters. The summed E-state index contributed by atoms with van der Waals surface area (Å²) >= 11 is 0. The van der Waals surface area contributed by atoms with Crippen LogP contribution < -0.4 is 11.1 Å². The number of hydrogen-bond donors (Lipinski definition) is 2. The van der Waals surface area contributed by atoms with E-state index in [2.05, 4.69) is 5.32 Å². The zero-order chi connectivity index (χ0) is 20.6. The topological polar surface area (TPSA) is 108 Å². The van der Waals surface area contributed by atoms with Gasteiger partial charge in [-0.15, -0.1) is 0 Å². The molecule has 7 nitrogen and oxygen atoms in total. The van der Waals surface area contributed by atoms with Gasteiger partial charge >= 0.3 is 5.97 Å². The van der Waals surface area contributed by atoms with Gasteiger partial charge < -0.3 is 20.5 Å². The number of Topliss-reactive ketones (excluding diaryl/α,β-unsaturated/α-hetero) is 1. The SMILES string of the molecule is CCO[C@H](NC(=O)c1ccc(C[C@H](N)C(=O)OC(C)(C)C)cc1)C(=O)CC. The molecule has 0 heterocycles. The second kappa shape index (κ2) is 10.2. The molecule has 1 aromatic rings. The number of carbonyl (C=O) groups excluding carboxylic acids is 3. The van der Waals surface area contributed by atoms with Crippen molar-refractivity contribution in [3.63, 3.8) is 0 Å². The lowest BCUT2D eigenvalue weighted by molar-refractivity contribution is -0.156. The molecule has 0 unspecified atom stereocenters.